The van der Waals surface area contributed by atoms with Crippen LogP contribution >= 0.6 is 0 Å². The average molecular weight is 188 g/mol. The minimum Gasteiger partial charge on any atom is -0.434 e. The van der Waals surface area contributed by atoms with Crippen molar-refractivity contribution in [2.24, 2.45) is 5.92 Å². The van der Waals surface area contributed by atoms with Crippen LogP contribution in [-0.2, 0) is 9.47 Å². The Labute approximate surface area is 80.4 Å². The average Bonchev–Trinajstić information content (AvgIpc) is 2.03. The molecule has 0 bridgehead atoms. The van der Waals surface area contributed by atoms with Crippen LogP contribution in [0.2, 0.25) is 0 Å². The first-order valence-corrected chi connectivity index (χ1v) is 4.89. The molecule has 0 amide bonds. The lowest BCUT2D eigenvalue weighted by Crippen LogP contribution is -2.16. The van der Waals surface area contributed by atoms with Crippen LogP contribution in [0.5, 0.6) is 0 Å². The molecule has 0 N–H and O–H groups in total. The van der Waals surface area contributed by atoms with E-state index in [9.17, 15) is 4.79 Å². The Hall–Kier alpha value is -0.730. The van der Waals surface area contributed by atoms with E-state index in [0.29, 0.717) is 12.5 Å². The molecule has 3 heteroatoms. The van der Waals surface area contributed by atoms with Crippen molar-refractivity contribution in [1.29, 1.82) is 0 Å². The van der Waals surface area contributed by atoms with Crippen LogP contribution in [0.25, 0.3) is 0 Å². The third-order valence-corrected chi connectivity index (χ3v) is 1.79. The van der Waals surface area contributed by atoms with E-state index in [1.807, 2.05) is 13.8 Å². The smallest absolute Gasteiger partial charge is 0.434 e. The largest absolute Gasteiger partial charge is 0.508 e. The van der Waals surface area contributed by atoms with E-state index in [-0.39, 0.29) is 6.10 Å². The summed E-state index contributed by atoms with van der Waals surface area (Å²) in [5, 5.41) is 0. The molecular weight excluding hydrogens is 168 g/mol. The molecule has 0 aromatic carbocycles. The van der Waals surface area contributed by atoms with Crippen LogP contribution < -0.4 is 0 Å². The van der Waals surface area contributed by atoms with Gasteiger partial charge in [-0.2, -0.15) is 0 Å². The zero-order valence-corrected chi connectivity index (χ0v) is 9.00. The summed E-state index contributed by atoms with van der Waals surface area (Å²) in [6, 6.07) is 0. The van der Waals surface area contributed by atoms with Crippen LogP contribution in [0.15, 0.2) is 0 Å². The third kappa shape index (κ3) is 7.62. The summed E-state index contributed by atoms with van der Waals surface area (Å²) < 4.78 is 9.78. The molecule has 0 heterocycles. The highest BCUT2D eigenvalue weighted by atomic mass is 16.7. The predicted molar refractivity (Wildman–Crippen MR) is 51.6 cm³/mol. The predicted octanol–water partition coefficient (Wildman–Crippen LogP) is 2.98. The zero-order chi connectivity index (χ0) is 10.3. The summed E-state index contributed by atoms with van der Waals surface area (Å²) in [5.41, 5.74) is 0. The van der Waals surface area contributed by atoms with Gasteiger partial charge in [-0.05, 0) is 25.7 Å². The van der Waals surface area contributed by atoms with Crippen molar-refractivity contribution in [3.8, 4) is 0 Å². The SMILES string of the molecule is CCC(C)OC(=O)OCCC(C)C. The number of hydrogen-bond acceptors (Lipinski definition) is 3. The molecule has 0 saturated heterocycles. The minimum atomic E-state index is -0.546. The van der Waals surface area contributed by atoms with Crippen LogP contribution in [0.1, 0.15) is 40.5 Å². The number of carbonyl (C=O) groups is 1. The summed E-state index contributed by atoms with van der Waals surface area (Å²) in [6.07, 6.45) is 1.11. The second kappa shape index (κ2) is 6.75. The molecule has 13 heavy (non-hydrogen) atoms. The van der Waals surface area contributed by atoms with Gasteiger partial charge in [-0.1, -0.05) is 20.8 Å². The fourth-order valence-corrected chi connectivity index (χ4v) is 0.660. The highest BCUT2D eigenvalue weighted by Crippen LogP contribution is 2.02. The maximum absolute atomic E-state index is 10.9. The van der Waals surface area contributed by atoms with Crippen molar-refractivity contribution in [2.45, 2.75) is 46.6 Å². The van der Waals surface area contributed by atoms with E-state index in [2.05, 4.69) is 13.8 Å². The molecule has 0 rings (SSSR count). The van der Waals surface area contributed by atoms with Crippen molar-refractivity contribution in [1.82, 2.24) is 0 Å². The lowest BCUT2D eigenvalue weighted by atomic mass is 10.1. The molecule has 0 aliphatic carbocycles. The normalized spacial score (nSPS) is 12.7. The van der Waals surface area contributed by atoms with E-state index in [1.54, 1.807) is 0 Å². The van der Waals surface area contributed by atoms with Crippen LogP contribution in [0, 0.1) is 5.92 Å². The lowest BCUT2D eigenvalue weighted by molar-refractivity contribution is 0.0260. The van der Waals surface area contributed by atoms with Crippen LogP contribution in [0.4, 0.5) is 4.79 Å². The molecule has 0 spiro atoms. The molecule has 0 aromatic heterocycles. The van der Waals surface area contributed by atoms with E-state index in [4.69, 9.17) is 9.47 Å². The van der Waals surface area contributed by atoms with E-state index in [1.165, 1.54) is 0 Å². The summed E-state index contributed by atoms with van der Waals surface area (Å²) >= 11 is 0. The summed E-state index contributed by atoms with van der Waals surface area (Å²) in [4.78, 5) is 10.9. The van der Waals surface area contributed by atoms with Crippen molar-refractivity contribution in [3.63, 3.8) is 0 Å². The monoisotopic (exact) mass is 188 g/mol. The molecule has 0 aliphatic heterocycles. The van der Waals surface area contributed by atoms with Gasteiger partial charge in [0, 0.05) is 0 Å². The molecule has 0 radical (unpaired) electrons. The maximum atomic E-state index is 10.9. The summed E-state index contributed by atoms with van der Waals surface area (Å²) in [5.74, 6) is 0.552. The van der Waals surface area contributed by atoms with Gasteiger partial charge in [-0.15, -0.1) is 0 Å². The molecular formula is C10H20O3. The third-order valence-electron chi connectivity index (χ3n) is 1.79. The van der Waals surface area contributed by atoms with Gasteiger partial charge in [0.15, 0.2) is 0 Å². The van der Waals surface area contributed by atoms with Gasteiger partial charge in [-0.3, -0.25) is 0 Å². The van der Waals surface area contributed by atoms with Crippen LogP contribution in [-0.4, -0.2) is 18.9 Å². The number of ether oxygens (including phenoxy) is 2. The highest BCUT2D eigenvalue weighted by molar-refractivity contribution is 5.59. The molecule has 78 valence electrons. The Morgan fingerprint density at radius 2 is 1.92 bits per heavy atom. The topological polar surface area (TPSA) is 35.5 Å². The van der Waals surface area contributed by atoms with Gasteiger partial charge < -0.3 is 9.47 Å². The van der Waals surface area contributed by atoms with Crippen molar-refractivity contribution in [2.75, 3.05) is 6.61 Å². The Morgan fingerprint density at radius 3 is 2.38 bits per heavy atom. The highest BCUT2D eigenvalue weighted by Gasteiger charge is 2.08. The number of rotatable bonds is 5. The molecule has 0 saturated carbocycles. The number of carbonyl (C=O) groups excluding carboxylic acids is 1. The fourth-order valence-electron chi connectivity index (χ4n) is 0.660. The molecule has 1 atom stereocenters. The Kier molecular flexibility index (Phi) is 6.37. The van der Waals surface area contributed by atoms with Gasteiger partial charge in [0.2, 0.25) is 0 Å². The summed E-state index contributed by atoms with van der Waals surface area (Å²) in [6.45, 7) is 8.44. The fraction of sp³-hybridized carbons (Fsp3) is 0.900. The summed E-state index contributed by atoms with van der Waals surface area (Å²) in [7, 11) is 0. The Bertz CT molecular complexity index is 143. The Morgan fingerprint density at radius 1 is 1.31 bits per heavy atom. The van der Waals surface area contributed by atoms with Gasteiger partial charge in [0.1, 0.15) is 6.10 Å². The van der Waals surface area contributed by atoms with Gasteiger partial charge in [-0.25, -0.2) is 4.79 Å². The van der Waals surface area contributed by atoms with Crippen molar-refractivity contribution >= 4 is 6.16 Å². The van der Waals surface area contributed by atoms with Gasteiger partial charge in [0.25, 0.3) is 0 Å². The molecule has 3 nitrogen and oxygen atoms in total. The number of hydrogen-bond donors (Lipinski definition) is 0. The first-order chi connectivity index (χ1) is 6.06. The van der Waals surface area contributed by atoms with Crippen molar-refractivity contribution in [3.05, 3.63) is 0 Å². The second-order valence-corrected chi connectivity index (χ2v) is 3.62. The minimum absolute atomic E-state index is 0.0495. The second-order valence-electron chi connectivity index (χ2n) is 3.62. The lowest BCUT2D eigenvalue weighted by Gasteiger charge is -2.11. The molecule has 1 unspecified atom stereocenters. The van der Waals surface area contributed by atoms with E-state index >= 15 is 0 Å². The van der Waals surface area contributed by atoms with E-state index < -0.39 is 6.16 Å². The Balaban J connectivity index is 3.41. The van der Waals surface area contributed by atoms with Crippen molar-refractivity contribution < 1.29 is 14.3 Å². The quantitative estimate of drug-likeness (QED) is 0.622. The molecule has 0 aliphatic rings. The van der Waals surface area contributed by atoms with Crippen LogP contribution in [0.3, 0.4) is 0 Å². The molecule has 0 aromatic rings. The van der Waals surface area contributed by atoms with Gasteiger partial charge in [0.05, 0.1) is 6.61 Å². The molecule has 0 fully saturated rings. The first kappa shape index (κ1) is 12.3. The van der Waals surface area contributed by atoms with E-state index in [0.717, 1.165) is 12.8 Å². The maximum Gasteiger partial charge on any atom is 0.508 e. The zero-order valence-electron chi connectivity index (χ0n) is 9.00. The standard InChI is InChI=1S/C10H20O3/c1-5-9(4)13-10(11)12-7-6-8(2)3/h8-9H,5-7H2,1-4H3. The first-order valence-electron chi connectivity index (χ1n) is 4.89. The van der Waals surface area contributed by atoms with Gasteiger partial charge >= 0.3 is 6.16 Å².